The van der Waals surface area contributed by atoms with E-state index in [1.807, 2.05) is 30.3 Å². The second kappa shape index (κ2) is 9.13. The van der Waals surface area contributed by atoms with Crippen molar-refractivity contribution in [1.82, 2.24) is 5.32 Å². The molecule has 0 aliphatic heterocycles. The predicted octanol–water partition coefficient (Wildman–Crippen LogP) is 4.11. The van der Waals surface area contributed by atoms with E-state index in [0.717, 1.165) is 5.56 Å². The number of hydrogen-bond donors (Lipinski definition) is 1. The Bertz CT molecular complexity index is 937. The number of nitrogens with one attached hydrogen (secondary N) is 1. The quantitative estimate of drug-likeness (QED) is 0.640. The first-order valence-corrected chi connectivity index (χ1v) is 9.18. The fourth-order valence-corrected chi connectivity index (χ4v) is 3.29. The maximum Gasteiger partial charge on any atom is 0.220 e. The Kier molecular flexibility index (Phi) is 6.37. The van der Waals surface area contributed by atoms with Crippen molar-refractivity contribution < 1.29 is 19.0 Å². The number of hydrogen-bond acceptors (Lipinski definition) is 4. The van der Waals surface area contributed by atoms with Gasteiger partial charge < -0.3 is 19.5 Å². The molecule has 0 aliphatic carbocycles. The molecule has 0 atom stereocenters. The number of rotatable bonds is 8. The molecule has 5 nitrogen and oxygen atoms in total. The zero-order valence-electron chi connectivity index (χ0n) is 16.5. The van der Waals surface area contributed by atoms with Crippen molar-refractivity contribution in [1.29, 1.82) is 0 Å². The van der Waals surface area contributed by atoms with Gasteiger partial charge in [0.1, 0.15) is 0 Å². The highest BCUT2D eigenvalue weighted by atomic mass is 16.5. The van der Waals surface area contributed by atoms with Gasteiger partial charge in [0.2, 0.25) is 11.7 Å². The van der Waals surface area contributed by atoms with Crippen molar-refractivity contribution in [3.63, 3.8) is 0 Å². The second-order valence-electron chi connectivity index (χ2n) is 6.45. The summed E-state index contributed by atoms with van der Waals surface area (Å²) in [6, 6.07) is 18.1. The summed E-state index contributed by atoms with van der Waals surface area (Å²) < 4.78 is 16.0. The van der Waals surface area contributed by atoms with Crippen molar-refractivity contribution in [2.24, 2.45) is 0 Å². The number of carbonyl (C=O) groups excluding carboxylic acids is 1. The van der Waals surface area contributed by atoms with Gasteiger partial charge in [-0.1, -0.05) is 42.5 Å². The van der Waals surface area contributed by atoms with Crippen LogP contribution in [0.25, 0.3) is 10.8 Å². The van der Waals surface area contributed by atoms with E-state index in [1.54, 1.807) is 21.3 Å². The lowest BCUT2D eigenvalue weighted by Gasteiger charge is -2.14. The van der Waals surface area contributed by atoms with Crippen LogP contribution in [0.5, 0.6) is 17.2 Å². The number of ether oxygens (including phenoxy) is 3. The largest absolute Gasteiger partial charge is 0.493 e. The number of benzene rings is 3. The maximum absolute atomic E-state index is 12.4. The zero-order valence-corrected chi connectivity index (χ0v) is 16.5. The molecule has 0 radical (unpaired) electrons. The third-order valence-corrected chi connectivity index (χ3v) is 4.72. The van der Waals surface area contributed by atoms with Gasteiger partial charge in [-0.2, -0.15) is 0 Å². The number of amides is 1. The van der Waals surface area contributed by atoms with E-state index in [1.165, 1.54) is 16.3 Å². The smallest absolute Gasteiger partial charge is 0.220 e. The molecular weight excluding hydrogens is 354 g/mol. The maximum atomic E-state index is 12.4. The number of fused-ring (bicyclic) bond motifs is 1. The van der Waals surface area contributed by atoms with Crippen LogP contribution >= 0.6 is 0 Å². The van der Waals surface area contributed by atoms with E-state index in [2.05, 4.69) is 29.6 Å². The predicted molar refractivity (Wildman–Crippen MR) is 110 cm³/mol. The molecule has 0 saturated heterocycles. The van der Waals surface area contributed by atoms with E-state index >= 15 is 0 Å². The van der Waals surface area contributed by atoms with Gasteiger partial charge >= 0.3 is 0 Å². The van der Waals surface area contributed by atoms with Gasteiger partial charge in [0, 0.05) is 13.0 Å². The summed E-state index contributed by atoms with van der Waals surface area (Å²) >= 11 is 0. The lowest BCUT2D eigenvalue weighted by atomic mass is 10.0. The minimum atomic E-state index is 0.00156. The van der Waals surface area contributed by atoms with Crippen molar-refractivity contribution >= 4 is 16.7 Å². The van der Waals surface area contributed by atoms with Crippen LogP contribution in [0.2, 0.25) is 0 Å². The van der Waals surface area contributed by atoms with Crippen molar-refractivity contribution in [3.8, 4) is 17.2 Å². The van der Waals surface area contributed by atoms with Crippen molar-refractivity contribution in [3.05, 3.63) is 65.7 Å². The molecule has 0 spiro atoms. The zero-order chi connectivity index (χ0) is 19.9. The highest BCUT2D eigenvalue weighted by Gasteiger charge is 2.13. The monoisotopic (exact) mass is 379 g/mol. The highest BCUT2D eigenvalue weighted by Crippen LogP contribution is 2.38. The van der Waals surface area contributed by atoms with Gasteiger partial charge in [-0.05, 0) is 40.5 Å². The average molecular weight is 379 g/mol. The van der Waals surface area contributed by atoms with Crippen LogP contribution in [0.1, 0.15) is 17.5 Å². The Morgan fingerprint density at radius 1 is 0.893 bits per heavy atom. The van der Waals surface area contributed by atoms with Crippen molar-refractivity contribution in [2.75, 3.05) is 21.3 Å². The second-order valence-corrected chi connectivity index (χ2v) is 6.45. The van der Waals surface area contributed by atoms with Crippen LogP contribution < -0.4 is 19.5 Å². The van der Waals surface area contributed by atoms with E-state index in [0.29, 0.717) is 36.6 Å². The van der Waals surface area contributed by atoms with Crippen LogP contribution in [0.4, 0.5) is 0 Å². The summed E-state index contributed by atoms with van der Waals surface area (Å²) in [6.45, 7) is 0.394. The molecule has 0 aromatic heterocycles. The van der Waals surface area contributed by atoms with E-state index < -0.39 is 0 Å². The van der Waals surface area contributed by atoms with Gasteiger partial charge in [0.15, 0.2) is 11.5 Å². The summed E-state index contributed by atoms with van der Waals surface area (Å²) in [5.74, 6) is 1.68. The molecule has 1 amide bonds. The van der Waals surface area contributed by atoms with E-state index in [4.69, 9.17) is 14.2 Å². The highest BCUT2D eigenvalue weighted by molar-refractivity contribution is 5.86. The van der Waals surface area contributed by atoms with Crippen molar-refractivity contribution in [2.45, 2.75) is 19.4 Å². The van der Waals surface area contributed by atoms with Crippen LogP contribution in [-0.4, -0.2) is 27.2 Å². The molecule has 0 bridgehead atoms. The van der Waals surface area contributed by atoms with Gasteiger partial charge in [-0.3, -0.25) is 4.79 Å². The Morgan fingerprint density at radius 3 is 2.25 bits per heavy atom. The summed E-state index contributed by atoms with van der Waals surface area (Å²) in [7, 11) is 4.71. The fraction of sp³-hybridized carbons (Fsp3) is 0.261. The number of aryl methyl sites for hydroxylation is 1. The fourth-order valence-electron chi connectivity index (χ4n) is 3.29. The first-order valence-electron chi connectivity index (χ1n) is 9.18. The van der Waals surface area contributed by atoms with Crippen LogP contribution in [0.3, 0.4) is 0 Å². The Balaban J connectivity index is 1.63. The third-order valence-electron chi connectivity index (χ3n) is 4.72. The number of carbonyl (C=O) groups is 1. The number of methoxy groups -OCH3 is 3. The summed E-state index contributed by atoms with van der Waals surface area (Å²) in [5, 5.41) is 5.36. The van der Waals surface area contributed by atoms with Gasteiger partial charge in [-0.15, -0.1) is 0 Å². The summed E-state index contributed by atoms with van der Waals surface area (Å²) in [6.07, 6.45) is 1.13. The van der Waals surface area contributed by atoms with Crippen LogP contribution in [-0.2, 0) is 17.8 Å². The molecule has 3 rings (SSSR count). The van der Waals surface area contributed by atoms with Gasteiger partial charge in [0.25, 0.3) is 0 Å². The lowest BCUT2D eigenvalue weighted by Crippen LogP contribution is -2.23. The topological polar surface area (TPSA) is 56.8 Å². The minimum absolute atomic E-state index is 0.00156. The average Bonchev–Trinajstić information content (AvgIpc) is 2.75. The van der Waals surface area contributed by atoms with Crippen LogP contribution in [0, 0.1) is 0 Å². The SMILES string of the molecule is COc1cc(CNC(=O)CCc2cccc3ccccc23)cc(OC)c1OC. The summed E-state index contributed by atoms with van der Waals surface area (Å²) in [4.78, 5) is 12.4. The molecule has 0 aliphatic rings. The molecule has 0 unspecified atom stereocenters. The van der Waals surface area contributed by atoms with Gasteiger partial charge in [-0.25, -0.2) is 0 Å². The Morgan fingerprint density at radius 2 is 1.57 bits per heavy atom. The minimum Gasteiger partial charge on any atom is -0.493 e. The molecule has 0 fully saturated rings. The standard InChI is InChI=1S/C23H25NO4/c1-26-20-13-16(14-21(27-2)23(20)28-3)15-24-22(25)12-11-18-9-6-8-17-7-4-5-10-19(17)18/h4-10,13-14H,11-12,15H2,1-3H3,(H,24,25). The third kappa shape index (κ3) is 4.36. The van der Waals surface area contributed by atoms with Gasteiger partial charge in [0.05, 0.1) is 21.3 Å². The molecule has 0 heterocycles. The molecule has 3 aromatic carbocycles. The summed E-state index contributed by atoms with van der Waals surface area (Å²) in [5.41, 5.74) is 2.06. The first-order chi connectivity index (χ1) is 13.7. The lowest BCUT2D eigenvalue weighted by molar-refractivity contribution is -0.121. The molecular formula is C23H25NO4. The molecule has 28 heavy (non-hydrogen) atoms. The normalized spacial score (nSPS) is 10.5. The Labute approximate surface area is 165 Å². The first kappa shape index (κ1) is 19.5. The molecule has 5 heteroatoms. The molecule has 1 N–H and O–H groups in total. The van der Waals surface area contributed by atoms with E-state index in [9.17, 15) is 4.79 Å². The molecule has 3 aromatic rings. The molecule has 0 saturated carbocycles. The van der Waals surface area contributed by atoms with Crippen LogP contribution in [0.15, 0.2) is 54.6 Å². The Hall–Kier alpha value is -3.21. The van der Waals surface area contributed by atoms with E-state index in [-0.39, 0.29) is 5.91 Å². The molecule has 146 valence electrons.